The third-order valence-electron chi connectivity index (χ3n) is 3.39. The fourth-order valence-electron chi connectivity index (χ4n) is 2.13. The summed E-state index contributed by atoms with van der Waals surface area (Å²) in [6.07, 6.45) is 0.0486. The van der Waals surface area contributed by atoms with Gasteiger partial charge in [0.2, 0.25) is 0 Å². The summed E-state index contributed by atoms with van der Waals surface area (Å²) in [5.41, 5.74) is 2.05. The summed E-state index contributed by atoms with van der Waals surface area (Å²) in [5.74, 6) is -0.420. The number of carbonyl (C=O) groups is 1. The maximum absolute atomic E-state index is 12.4. The first-order valence-electron chi connectivity index (χ1n) is 6.30. The molecule has 1 aromatic rings. The second kappa shape index (κ2) is 5.90. The normalized spacial score (nSPS) is 15.3. The first-order valence-corrected chi connectivity index (χ1v) is 7.70. The largest absolute Gasteiger partial charge is 0.469 e. The second-order valence-electron chi connectivity index (χ2n) is 4.69. The Hall–Kier alpha value is -1.44. The van der Waals surface area contributed by atoms with Crippen molar-refractivity contribution in [3.05, 3.63) is 35.4 Å². The molecule has 0 unspecified atom stereocenters. The van der Waals surface area contributed by atoms with Crippen LogP contribution < -0.4 is 0 Å². The van der Waals surface area contributed by atoms with Gasteiger partial charge in [-0.15, -0.1) is 0 Å². The number of rotatable bonds is 5. The lowest BCUT2D eigenvalue weighted by Crippen LogP contribution is -2.39. The summed E-state index contributed by atoms with van der Waals surface area (Å²) < 4.78 is 31.9. The van der Waals surface area contributed by atoms with Crippen molar-refractivity contribution in [1.82, 2.24) is 8.61 Å². The molecule has 0 amide bonds. The maximum Gasteiger partial charge on any atom is 0.306 e. The SMILES string of the molecule is COC(=O)CCN(C)S(=O)(=O)N1Cc2ccccc2C1. The number of esters is 1. The Morgan fingerprint density at radius 1 is 1.30 bits per heavy atom. The van der Waals surface area contributed by atoms with Crippen molar-refractivity contribution >= 4 is 16.2 Å². The van der Waals surface area contributed by atoms with Gasteiger partial charge in [-0.2, -0.15) is 17.0 Å². The van der Waals surface area contributed by atoms with E-state index in [4.69, 9.17) is 0 Å². The molecule has 0 saturated carbocycles. The summed E-state index contributed by atoms with van der Waals surface area (Å²) in [6.45, 7) is 0.865. The van der Waals surface area contributed by atoms with Crippen LogP contribution in [0.2, 0.25) is 0 Å². The van der Waals surface area contributed by atoms with Crippen LogP contribution in [-0.2, 0) is 32.8 Å². The average molecular weight is 298 g/mol. The van der Waals surface area contributed by atoms with Crippen molar-refractivity contribution in [2.24, 2.45) is 0 Å². The van der Waals surface area contributed by atoms with Gasteiger partial charge in [-0.05, 0) is 11.1 Å². The molecule has 0 fully saturated rings. The van der Waals surface area contributed by atoms with Crippen molar-refractivity contribution in [3.8, 4) is 0 Å². The Morgan fingerprint density at radius 2 is 1.85 bits per heavy atom. The van der Waals surface area contributed by atoms with Gasteiger partial charge in [0.1, 0.15) is 0 Å². The number of hydrogen-bond donors (Lipinski definition) is 0. The molecule has 0 atom stereocenters. The predicted molar refractivity (Wildman–Crippen MR) is 73.9 cm³/mol. The van der Waals surface area contributed by atoms with Crippen LogP contribution in [-0.4, -0.2) is 43.7 Å². The smallest absolute Gasteiger partial charge is 0.306 e. The quantitative estimate of drug-likeness (QED) is 0.752. The molecule has 1 aliphatic rings. The topological polar surface area (TPSA) is 66.9 Å². The van der Waals surface area contributed by atoms with E-state index in [1.165, 1.54) is 22.8 Å². The van der Waals surface area contributed by atoms with Gasteiger partial charge in [0.25, 0.3) is 10.2 Å². The molecular weight excluding hydrogens is 280 g/mol. The lowest BCUT2D eigenvalue weighted by Gasteiger charge is -2.23. The Kier molecular flexibility index (Phi) is 4.42. The predicted octanol–water partition coefficient (Wildman–Crippen LogP) is 0.742. The highest BCUT2D eigenvalue weighted by atomic mass is 32.2. The third kappa shape index (κ3) is 3.00. The van der Waals surface area contributed by atoms with E-state index < -0.39 is 16.2 Å². The van der Waals surface area contributed by atoms with Crippen LogP contribution in [0.15, 0.2) is 24.3 Å². The zero-order valence-corrected chi connectivity index (χ0v) is 12.4. The molecule has 0 bridgehead atoms. The molecule has 110 valence electrons. The summed E-state index contributed by atoms with van der Waals surface area (Å²) in [4.78, 5) is 11.1. The molecule has 1 aromatic carbocycles. The van der Waals surface area contributed by atoms with E-state index in [1.807, 2.05) is 24.3 Å². The highest BCUT2D eigenvalue weighted by Crippen LogP contribution is 2.25. The third-order valence-corrected chi connectivity index (χ3v) is 5.27. The molecule has 1 aliphatic heterocycles. The Balaban J connectivity index is 2.03. The Bertz CT molecular complexity index is 575. The molecule has 0 radical (unpaired) electrons. The second-order valence-corrected chi connectivity index (χ2v) is 6.73. The first kappa shape index (κ1) is 15.0. The molecule has 0 aromatic heterocycles. The highest BCUT2D eigenvalue weighted by Gasteiger charge is 2.32. The Morgan fingerprint density at radius 3 is 2.35 bits per heavy atom. The van der Waals surface area contributed by atoms with Crippen molar-refractivity contribution < 1.29 is 17.9 Å². The number of hydrogen-bond acceptors (Lipinski definition) is 4. The molecular formula is C13H18N2O4S. The van der Waals surface area contributed by atoms with Gasteiger partial charge in [-0.25, -0.2) is 0 Å². The van der Waals surface area contributed by atoms with Gasteiger partial charge in [0.05, 0.1) is 13.5 Å². The van der Waals surface area contributed by atoms with Crippen LogP contribution in [0.4, 0.5) is 0 Å². The lowest BCUT2D eigenvalue weighted by atomic mass is 10.1. The molecule has 0 aliphatic carbocycles. The van der Waals surface area contributed by atoms with Crippen molar-refractivity contribution in [3.63, 3.8) is 0 Å². The van der Waals surface area contributed by atoms with E-state index >= 15 is 0 Å². The average Bonchev–Trinajstić information content (AvgIpc) is 2.88. The standard InChI is InChI=1S/C13H18N2O4S/c1-14(8-7-13(16)19-2)20(17,18)15-9-11-5-3-4-6-12(11)10-15/h3-6H,7-10H2,1-2H3. The molecule has 0 N–H and O–H groups in total. The van der Waals surface area contributed by atoms with Gasteiger partial charge in [0.15, 0.2) is 0 Å². The molecule has 7 heteroatoms. The maximum atomic E-state index is 12.4. The number of fused-ring (bicyclic) bond motifs is 1. The fraction of sp³-hybridized carbons (Fsp3) is 0.462. The lowest BCUT2D eigenvalue weighted by molar-refractivity contribution is -0.140. The summed E-state index contributed by atoms with van der Waals surface area (Å²) >= 11 is 0. The summed E-state index contributed by atoms with van der Waals surface area (Å²) in [6, 6.07) is 7.66. The van der Waals surface area contributed by atoms with Gasteiger partial charge in [-0.3, -0.25) is 4.79 Å². The minimum atomic E-state index is -3.55. The number of methoxy groups -OCH3 is 1. The number of ether oxygens (including phenoxy) is 1. The van der Waals surface area contributed by atoms with Crippen molar-refractivity contribution in [2.75, 3.05) is 20.7 Å². The zero-order chi connectivity index (χ0) is 14.8. The van der Waals surface area contributed by atoms with Crippen molar-refractivity contribution in [2.45, 2.75) is 19.5 Å². The van der Waals surface area contributed by atoms with Gasteiger partial charge in [0, 0.05) is 26.7 Å². The van der Waals surface area contributed by atoms with Crippen LogP contribution >= 0.6 is 0 Å². The molecule has 6 nitrogen and oxygen atoms in total. The minimum Gasteiger partial charge on any atom is -0.469 e. The van der Waals surface area contributed by atoms with E-state index in [2.05, 4.69) is 4.74 Å². The first-order chi connectivity index (χ1) is 9.45. The summed E-state index contributed by atoms with van der Waals surface area (Å²) in [5, 5.41) is 0. The molecule has 0 saturated heterocycles. The van der Waals surface area contributed by atoms with Gasteiger partial charge >= 0.3 is 5.97 Å². The van der Waals surface area contributed by atoms with E-state index in [0.29, 0.717) is 13.1 Å². The van der Waals surface area contributed by atoms with E-state index in [-0.39, 0.29) is 13.0 Å². The molecule has 2 rings (SSSR count). The van der Waals surface area contributed by atoms with E-state index in [9.17, 15) is 13.2 Å². The number of benzene rings is 1. The Labute approximate surface area is 119 Å². The van der Waals surface area contributed by atoms with E-state index in [1.54, 1.807) is 0 Å². The minimum absolute atomic E-state index is 0.0486. The monoisotopic (exact) mass is 298 g/mol. The highest BCUT2D eigenvalue weighted by molar-refractivity contribution is 7.86. The number of carbonyl (C=O) groups excluding carboxylic acids is 1. The van der Waals surface area contributed by atoms with Crippen LogP contribution in [0.1, 0.15) is 17.5 Å². The molecule has 0 spiro atoms. The van der Waals surface area contributed by atoms with Crippen LogP contribution in [0.5, 0.6) is 0 Å². The van der Waals surface area contributed by atoms with E-state index in [0.717, 1.165) is 11.1 Å². The van der Waals surface area contributed by atoms with Crippen LogP contribution in [0, 0.1) is 0 Å². The number of nitrogens with zero attached hydrogens (tertiary/aromatic N) is 2. The van der Waals surface area contributed by atoms with Crippen molar-refractivity contribution in [1.29, 1.82) is 0 Å². The summed E-state index contributed by atoms with van der Waals surface area (Å²) in [7, 11) is -0.792. The fourth-order valence-corrected chi connectivity index (χ4v) is 3.45. The van der Waals surface area contributed by atoms with Gasteiger partial charge < -0.3 is 4.74 Å². The van der Waals surface area contributed by atoms with Crippen LogP contribution in [0.25, 0.3) is 0 Å². The van der Waals surface area contributed by atoms with Gasteiger partial charge in [-0.1, -0.05) is 24.3 Å². The zero-order valence-electron chi connectivity index (χ0n) is 11.6. The van der Waals surface area contributed by atoms with Crippen LogP contribution in [0.3, 0.4) is 0 Å². The molecule has 20 heavy (non-hydrogen) atoms. The molecule has 1 heterocycles.